The molecule has 0 saturated carbocycles. The quantitative estimate of drug-likeness (QED) is 0.263. The number of hydrogen-bond acceptors (Lipinski definition) is 8. The number of anilines is 2. The topological polar surface area (TPSA) is 148 Å². The van der Waals surface area contributed by atoms with E-state index in [1.165, 1.54) is 33.1 Å². The number of carbonyl (C=O) groups is 3. The van der Waals surface area contributed by atoms with E-state index in [-0.39, 0.29) is 87.5 Å². The summed E-state index contributed by atoms with van der Waals surface area (Å²) < 4.78 is 54.1. The second kappa shape index (κ2) is 13.6. The lowest BCUT2D eigenvalue weighted by Crippen LogP contribution is -2.49. The van der Waals surface area contributed by atoms with Crippen LogP contribution >= 0.6 is 23.2 Å². The van der Waals surface area contributed by atoms with Gasteiger partial charge in [-0.25, -0.2) is 18.1 Å². The molecular weight excluding hydrogens is 753 g/mol. The number of halogens is 4. The summed E-state index contributed by atoms with van der Waals surface area (Å²) in [6.45, 7) is 3.93. The SMILES string of the molecule is CCOC(=O)CN1C(=O)[C@H](CC2CCn3c(Cl)c(-c4cc5c(cc4F)O[C@@H](C)C(=O)N5)c(=O)n3C2)Oc2cc(F)c(-c3c(Cl)n4n(c3=O)CCCC4)cc21. The molecular formula is C36H34Cl2F2N6O8. The van der Waals surface area contributed by atoms with Crippen molar-refractivity contribution in [1.82, 2.24) is 18.7 Å². The maximum absolute atomic E-state index is 15.9. The average molecular weight is 788 g/mol. The monoisotopic (exact) mass is 786 g/mol. The molecule has 18 heteroatoms. The number of rotatable bonds is 7. The van der Waals surface area contributed by atoms with E-state index in [1.807, 2.05) is 0 Å². The van der Waals surface area contributed by atoms with Crippen molar-refractivity contribution in [3.8, 4) is 33.8 Å². The van der Waals surface area contributed by atoms with E-state index in [1.54, 1.807) is 11.6 Å². The Morgan fingerprint density at radius 1 is 0.870 bits per heavy atom. The Balaban J connectivity index is 1.09. The number of nitrogens with one attached hydrogen (secondary N) is 1. The van der Waals surface area contributed by atoms with Gasteiger partial charge in [0.1, 0.15) is 40.0 Å². The van der Waals surface area contributed by atoms with E-state index >= 15 is 8.78 Å². The average Bonchev–Trinajstić information content (AvgIpc) is 3.54. The maximum Gasteiger partial charge on any atom is 0.326 e. The van der Waals surface area contributed by atoms with Gasteiger partial charge < -0.3 is 19.5 Å². The molecule has 54 heavy (non-hydrogen) atoms. The van der Waals surface area contributed by atoms with Crippen LogP contribution in [0, 0.1) is 17.6 Å². The Labute approximate surface area is 315 Å². The van der Waals surface area contributed by atoms with E-state index in [0.29, 0.717) is 19.5 Å². The molecule has 2 amide bonds. The van der Waals surface area contributed by atoms with Crippen molar-refractivity contribution in [1.29, 1.82) is 0 Å². The van der Waals surface area contributed by atoms with Crippen molar-refractivity contribution in [3.05, 3.63) is 66.9 Å². The zero-order valence-corrected chi connectivity index (χ0v) is 30.6. The number of ether oxygens (including phenoxy) is 3. The number of fused-ring (bicyclic) bond motifs is 4. The van der Waals surface area contributed by atoms with Gasteiger partial charge in [-0.05, 0) is 57.6 Å². The number of aromatic nitrogens is 4. The minimum absolute atomic E-state index is 0.00310. The third-order valence-corrected chi connectivity index (χ3v) is 11.1. The van der Waals surface area contributed by atoms with Gasteiger partial charge in [0.25, 0.3) is 22.9 Å². The van der Waals surface area contributed by atoms with Gasteiger partial charge >= 0.3 is 5.97 Å². The van der Waals surface area contributed by atoms with E-state index in [4.69, 9.17) is 37.4 Å². The van der Waals surface area contributed by atoms with E-state index in [9.17, 15) is 24.0 Å². The zero-order valence-electron chi connectivity index (χ0n) is 29.1. The van der Waals surface area contributed by atoms with Crippen LogP contribution in [0.5, 0.6) is 11.5 Å². The lowest BCUT2D eigenvalue weighted by molar-refractivity contribution is -0.143. The Morgan fingerprint density at radius 3 is 2.19 bits per heavy atom. The molecule has 0 spiro atoms. The van der Waals surface area contributed by atoms with Crippen molar-refractivity contribution in [2.24, 2.45) is 5.92 Å². The number of carbonyl (C=O) groups excluding carboxylic acids is 3. The van der Waals surface area contributed by atoms with Gasteiger partial charge in [0.15, 0.2) is 12.2 Å². The predicted octanol–water partition coefficient (Wildman–Crippen LogP) is 4.81. The van der Waals surface area contributed by atoms with Crippen LogP contribution < -0.4 is 30.8 Å². The zero-order chi connectivity index (χ0) is 38.2. The van der Waals surface area contributed by atoms with Crippen molar-refractivity contribution < 1.29 is 37.4 Å². The highest BCUT2D eigenvalue weighted by Crippen LogP contribution is 2.43. The highest BCUT2D eigenvalue weighted by molar-refractivity contribution is 6.32. The van der Waals surface area contributed by atoms with Crippen molar-refractivity contribution in [2.45, 2.75) is 77.9 Å². The normalized spacial score (nSPS) is 20.3. The van der Waals surface area contributed by atoms with Crippen LogP contribution in [0.15, 0.2) is 33.9 Å². The second-order valence-electron chi connectivity index (χ2n) is 13.7. The van der Waals surface area contributed by atoms with Crippen molar-refractivity contribution in [3.63, 3.8) is 0 Å². The Bertz CT molecular complexity index is 2380. The molecule has 6 heterocycles. The Morgan fingerprint density at radius 2 is 1.50 bits per heavy atom. The van der Waals surface area contributed by atoms with Crippen LogP contribution in [0.4, 0.5) is 20.2 Å². The summed E-state index contributed by atoms with van der Waals surface area (Å²) in [5.74, 6) is -3.55. The first-order valence-corrected chi connectivity index (χ1v) is 18.4. The van der Waals surface area contributed by atoms with E-state index < -0.39 is 59.3 Å². The molecule has 4 aromatic rings. The van der Waals surface area contributed by atoms with Crippen LogP contribution in [0.1, 0.15) is 39.5 Å². The van der Waals surface area contributed by atoms with E-state index in [0.717, 1.165) is 29.9 Å². The third kappa shape index (κ3) is 5.86. The van der Waals surface area contributed by atoms with Crippen LogP contribution in [0.3, 0.4) is 0 Å². The number of amides is 2. The van der Waals surface area contributed by atoms with Crippen LogP contribution in [0.25, 0.3) is 22.3 Å². The summed E-state index contributed by atoms with van der Waals surface area (Å²) in [6, 6.07) is 4.77. The lowest BCUT2D eigenvalue weighted by Gasteiger charge is -2.36. The highest BCUT2D eigenvalue weighted by Gasteiger charge is 2.40. The molecule has 8 rings (SSSR count). The third-order valence-electron chi connectivity index (χ3n) is 10.3. The van der Waals surface area contributed by atoms with Gasteiger partial charge in [-0.3, -0.25) is 38.2 Å². The summed E-state index contributed by atoms with van der Waals surface area (Å²) in [7, 11) is 0. The van der Waals surface area contributed by atoms with Gasteiger partial charge in [-0.2, -0.15) is 0 Å². The van der Waals surface area contributed by atoms with Crippen molar-refractivity contribution in [2.75, 3.05) is 23.4 Å². The van der Waals surface area contributed by atoms with Crippen LogP contribution in [-0.4, -0.2) is 61.9 Å². The number of benzene rings is 2. The number of nitrogens with zero attached hydrogens (tertiary/aromatic N) is 5. The second-order valence-corrected chi connectivity index (χ2v) is 14.4. The van der Waals surface area contributed by atoms with Gasteiger partial charge in [0, 0.05) is 49.4 Å². The molecule has 2 aromatic heterocycles. The van der Waals surface area contributed by atoms with Crippen LogP contribution in [0.2, 0.25) is 10.3 Å². The molecule has 0 fully saturated rings. The molecule has 4 aliphatic heterocycles. The highest BCUT2D eigenvalue weighted by atomic mass is 35.5. The van der Waals surface area contributed by atoms with Gasteiger partial charge in [0.2, 0.25) is 0 Å². The fourth-order valence-electron chi connectivity index (χ4n) is 7.68. The maximum atomic E-state index is 15.9. The molecule has 0 saturated heterocycles. The summed E-state index contributed by atoms with van der Waals surface area (Å²) in [5, 5.41) is 2.72. The molecule has 0 bridgehead atoms. The number of esters is 1. The molecule has 3 atom stereocenters. The summed E-state index contributed by atoms with van der Waals surface area (Å²) >= 11 is 13.3. The smallest absolute Gasteiger partial charge is 0.326 e. The standard InChI is InChI=1S/C36H34Cl2F2N6O8/c1-3-52-28(47)16-42-24-12-20(30-31(37)43-7-4-5-8-45(43)35(30)50)22(40)14-26(24)54-27(34(42)49)10-18-6-9-44-32(38)29(36(51)46(44)15-18)19-11-23-25(13-21(19)39)53-17(2)33(48)41-23/h11-14,17-18,27H,3-10,15-16H2,1-2H3,(H,41,48)/t17-,18?,27-/m0/s1. The first kappa shape index (κ1) is 35.9. The fourth-order valence-corrected chi connectivity index (χ4v) is 8.40. The largest absolute Gasteiger partial charge is 0.479 e. The lowest BCUT2D eigenvalue weighted by atomic mass is 9.94. The molecule has 0 radical (unpaired) electrons. The van der Waals surface area contributed by atoms with Crippen molar-refractivity contribution >= 4 is 52.4 Å². The summed E-state index contributed by atoms with van der Waals surface area (Å²) in [4.78, 5) is 67.4. The first-order chi connectivity index (χ1) is 25.9. The van der Waals surface area contributed by atoms with Gasteiger partial charge in [-0.1, -0.05) is 23.2 Å². The summed E-state index contributed by atoms with van der Waals surface area (Å²) in [6.07, 6.45) is 0.0695. The fraction of sp³-hybridized carbons (Fsp3) is 0.417. The molecule has 1 unspecified atom stereocenters. The molecule has 284 valence electrons. The van der Waals surface area contributed by atoms with Crippen LogP contribution in [-0.2, 0) is 45.3 Å². The Hall–Kier alpha value is -5.09. The molecule has 1 N–H and O–H groups in total. The first-order valence-electron chi connectivity index (χ1n) is 17.6. The predicted molar refractivity (Wildman–Crippen MR) is 192 cm³/mol. The summed E-state index contributed by atoms with van der Waals surface area (Å²) in [5.41, 5.74) is -1.19. The molecule has 0 aliphatic carbocycles. The minimum atomic E-state index is -1.19. The Kier molecular flexibility index (Phi) is 9.07. The minimum Gasteiger partial charge on any atom is -0.479 e. The van der Waals surface area contributed by atoms with Gasteiger partial charge in [0.05, 0.1) is 29.1 Å². The molecule has 2 aromatic carbocycles. The van der Waals surface area contributed by atoms with E-state index in [2.05, 4.69) is 5.32 Å². The number of hydrogen-bond donors (Lipinski definition) is 1. The van der Waals surface area contributed by atoms with Gasteiger partial charge in [-0.15, -0.1) is 0 Å². The molecule has 4 aliphatic rings. The molecule has 14 nitrogen and oxygen atoms in total.